The fraction of sp³-hybridized carbons (Fsp3) is 0.115. The summed E-state index contributed by atoms with van der Waals surface area (Å²) in [5.41, 5.74) is 16.7. The van der Waals surface area contributed by atoms with Crippen molar-refractivity contribution in [3.8, 4) is 33.4 Å². The summed E-state index contributed by atoms with van der Waals surface area (Å²) in [5, 5.41) is 5.28. The van der Waals surface area contributed by atoms with Crippen molar-refractivity contribution in [1.82, 2.24) is 0 Å². The molecular formula is C52H39NS. The first-order chi connectivity index (χ1) is 26.3. The molecule has 0 N–H and O–H groups in total. The van der Waals surface area contributed by atoms with Crippen LogP contribution in [0.3, 0.4) is 0 Å². The SMILES string of the molecule is CC1(C)c2ccccc2-c2ccc(N(c3ccc(-c4cccc5c4sc4c6ccccc6ccc54)cc3)c3cccc4c3-c3ccccc3C4(C)C)cc21. The molecule has 258 valence electrons. The topological polar surface area (TPSA) is 3.24 Å². The lowest BCUT2D eigenvalue weighted by Crippen LogP contribution is -2.17. The van der Waals surface area contributed by atoms with Crippen LogP contribution in [0.25, 0.3) is 64.3 Å². The molecule has 0 atom stereocenters. The standard InChI is InChI=1S/C52H39NS/c1-51(2)44-20-10-8-16-42(44)48-45(51)21-12-22-47(48)53(35-28-30-39-38-15-7-9-19-43(38)52(3,4)46(39)31-35)34-26-23-33(24-27-34)37-17-11-18-40-41-29-25-32-13-5-6-14-36(32)50(41)54-49(37)40/h5-31H,1-4H3. The molecule has 2 aliphatic rings. The highest BCUT2D eigenvalue weighted by molar-refractivity contribution is 7.27. The summed E-state index contributed by atoms with van der Waals surface area (Å²) in [4.78, 5) is 2.51. The zero-order valence-corrected chi connectivity index (χ0v) is 31.8. The van der Waals surface area contributed by atoms with Crippen molar-refractivity contribution < 1.29 is 0 Å². The van der Waals surface area contributed by atoms with E-state index in [1.54, 1.807) is 0 Å². The van der Waals surface area contributed by atoms with Crippen LogP contribution in [0.15, 0.2) is 164 Å². The predicted molar refractivity (Wildman–Crippen MR) is 232 cm³/mol. The third-order valence-corrected chi connectivity index (χ3v) is 13.8. The van der Waals surface area contributed by atoms with E-state index in [1.807, 2.05) is 11.3 Å². The van der Waals surface area contributed by atoms with Gasteiger partial charge < -0.3 is 4.90 Å². The monoisotopic (exact) mass is 709 g/mol. The molecule has 2 aliphatic carbocycles. The van der Waals surface area contributed by atoms with Gasteiger partial charge in [0, 0.05) is 47.9 Å². The number of hydrogen-bond donors (Lipinski definition) is 0. The average Bonchev–Trinajstić information content (AvgIpc) is 3.79. The molecule has 2 heteroatoms. The number of nitrogens with zero attached hydrogens (tertiary/aromatic N) is 1. The quantitative estimate of drug-likeness (QED) is 0.176. The van der Waals surface area contributed by atoms with Crippen molar-refractivity contribution in [3.05, 3.63) is 186 Å². The molecule has 1 nitrogen and oxygen atoms in total. The van der Waals surface area contributed by atoms with E-state index in [2.05, 4.69) is 196 Å². The molecule has 54 heavy (non-hydrogen) atoms. The van der Waals surface area contributed by atoms with Crippen LogP contribution in [-0.2, 0) is 10.8 Å². The fourth-order valence-corrected chi connectivity index (χ4v) is 11.1. The Hall–Kier alpha value is -5.96. The van der Waals surface area contributed by atoms with Crippen molar-refractivity contribution >= 4 is 59.3 Å². The van der Waals surface area contributed by atoms with Crippen molar-refractivity contribution in [2.45, 2.75) is 38.5 Å². The molecular weight excluding hydrogens is 671 g/mol. The number of thiophene rings is 1. The molecule has 0 radical (unpaired) electrons. The van der Waals surface area contributed by atoms with Gasteiger partial charge in [0.15, 0.2) is 0 Å². The second-order valence-corrected chi connectivity index (χ2v) is 17.1. The highest BCUT2D eigenvalue weighted by Gasteiger charge is 2.39. The summed E-state index contributed by atoms with van der Waals surface area (Å²) >= 11 is 1.92. The molecule has 11 rings (SSSR count). The highest BCUT2D eigenvalue weighted by Crippen LogP contribution is 2.56. The predicted octanol–water partition coefficient (Wildman–Crippen LogP) is 15.0. The molecule has 0 saturated heterocycles. The second-order valence-electron chi connectivity index (χ2n) is 16.1. The van der Waals surface area contributed by atoms with E-state index in [9.17, 15) is 0 Å². The third-order valence-electron chi connectivity index (χ3n) is 12.5. The number of rotatable bonds is 4. The Morgan fingerprint density at radius 1 is 0.407 bits per heavy atom. The summed E-state index contributed by atoms with van der Waals surface area (Å²) in [7, 11) is 0. The van der Waals surface area contributed by atoms with Crippen LogP contribution in [0, 0.1) is 0 Å². The van der Waals surface area contributed by atoms with Crippen LogP contribution >= 0.6 is 11.3 Å². The molecule has 0 unspecified atom stereocenters. The number of hydrogen-bond acceptors (Lipinski definition) is 2. The summed E-state index contributed by atoms with van der Waals surface area (Å²) in [6.45, 7) is 9.48. The van der Waals surface area contributed by atoms with Crippen LogP contribution in [-0.4, -0.2) is 0 Å². The molecule has 0 saturated carbocycles. The molecule has 0 aliphatic heterocycles. The van der Waals surface area contributed by atoms with Gasteiger partial charge in [0.1, 0.15) is 0 Å². The molecule has 1 aromatic heterocycles. The second kappa shape index (κ2) is 11.3. The van der Waals surface area contributed by atoms with Gasteiger partial charge in [-0.1, -0.05) is 161 Å². The first kappa shape index (κ1) is 31.6. The normalized spacial score (nSPS) is 14.6. The lowest BCUT2D eigenvalue weighted by Gasteiger charge is -2.30. The molecule has 0 fully saturated rings. The Balaban J connectivity index is 1.10. The Kier molecular flexibility index (Phi) is 6.59. The minimum absolute atomic E-state index is 0.0900. The van der Waals surface area contributed by atoms with Gasteiger partial charge in [-0.25, -0.2) is 0 Å². The largest absolute Gasteiger partial charge is 0.310 e. The van der Waals surface area contributed by atoms with Gasteiger partial charge in [0.05, 0.1) is 5.69 Å². The first-order valence-electron chi connectivity index (χ1n) is 19.0. The average molecular weight is 710 g/mol. The summed E-state index contributed by atoms with van der Waals surface area (Å²) in [6.07, 6.45) is 0. The first-order valence-corrected chi connectivity index (χ1v) is 19.8. The molecule has 9 aromatic rings. The number of benzene rings is 8. The Labute approximate surface area is 320 Å². The molecule has 0 bridgehead atoms. The molecule has 0 amide bonds. The van der Waals surface area contributed by atoms with E-state index in [4.69, 9.17) is 0 Å². The Morgan fingerprint density at radius 2 is 1.00 bits per heavy atom. The number of anilines is 3. The molecule has 0 spiro atoms. The van der Waals surface area contributed by atoms with E-state index in [0.717, 1.165) is 5.69 Å². The highest BCUT2D eigenvalue weighted by atomic mass is 32.1. The minimum Gasteiger partial charge on any atom is -0.310 e. The van der Waals surface area contributed by atoms with Gasteiger partial charge in [-0.2, -0.15) is 0 Å². The number of fused-ring (bicyclic) bond motifs is 11. The van der Waals surface area contributed by atoms with Gasteiger partial charge in [-0.05, 0) is 91.2 Å². The van der Waals surface area contributed by atoms with E-state index in [-0.39, 0.29) is 10.8 Å². The summed E-state index contributed by atoms with van der Waals surface area (Å²) in [5.74, 6) is 0. The lowest BCUT2D eigenvalue weighted by atomic mass is 9.82. The molecule has 1 heterocycles. The van der Waals surface area contributed by atoms with Crippen LogP contribution in [0.1, 0.15) is 49.9 Å². The van der Waals surface area contributed by atoms with Crippen molar-refractivity contribution in [2.75, 3.05) is 4.90 Å². The lowest BCUT2D eigenvalue weighted by molar-refractivity contribution is 0.660. The van der Waals surface area contributed by atoms with Gasteiger partial charge >= 0.3 is 0 Å². The summed E-state index contributed by atoms with van der Waals surface area (Å²) < 4.78 is 2.70. The summed E-state index contributed by atoms with van der Waals surface area (Å²) in [6, 6.07) is 61.4. The van der Waals surface area contributed by atoms with E-state index in [1.165, 1.54) is 98.0 Å². The fourth-order valence-electron chi connectivity index (χ4n) is 9.72. The molecule has 8 aromatic carbocycles. The maximum Gasteiger partial charge on any atom is 0.0543 e. The van der Waals surface area contributed by atoms with Gasteiger partial charge in [0.25, 0.3) is 0 Å². The van der Waals surface area contributed by atoms with Crippen molar-refractivity contribution in [1.29, 1.82) is 0 Å². The van der Waals surface area contributed by atoms with Crippen LogP contribution < -0.4 is 4.90 Å². The van der Waals surface area contributed by atoms with Gasteiger partial charge in [-0.3, -0.25) is 0 Å². The Morgan fingerprint density at radius 3 is 1.83 bits per heavy atom. The smallest absolute Gasteiger partial charge is 0.0543 e. The zero-order valence-electron chi connectivity index (χ0n) is 30.9. The van der Waals surface area contributed by atoms with E-state index < -0.39 is 0 Å². The van der Waals surface area contributed by atoms with Crippen molar-refractivity contribution in [3.63, 3.8) is 0 Å². The minimum atomic E-state index is -0.0983. The van der Waals surface area contributed by atoms with Crippen LogP contribution in [0.5, 0.6) is 0 Å². The van der Waals surface area contributed by atoms with Gasteiger partial charge in [-0.15, -0.1) is 11.3 Å². The van der Waals surface area contributed by atoms with Crippen LogP contribution in [0.2, 0.25) is 0 Å². The zero-order chi connectivity index (χ0) is 36.3. The third kappa shape index (κ3) is 4.32. The maximum absolute atomic E-state index is 2.51. The van der Waals surface area contributed by atoms with E-state index in [0.29, 0.717) is 0 Å². The van der Waals surface area contributed by atoms with Crippen LogP contribution in [0.4, 0.5) is 17.1 Å². The van der Waals surface area contributed by atoms with Gasteiger partial charge in [0.2, 0.25) is 0 Å². The van der Waals surface area contributed by atoms with Crippen molar-refractivity contribution in [2.24, 2.45) is 0 Å². The van der Waals surface area contributed by atoms with E-state index >= 15 is 0 Å². The maximum atomic E-state index is 2.51. The Bertz CT molecular complexity index is 3000.